The van der Waals surface area contributed by atoms with Crippen LogP contribution in [0.4, 0.5) is 11.4 Å². The first-order chi connectivity index (χ1) is 14.5. The molecule has 1 aliphatic rings. The van der Waals surface area contributed by atoms with Crippen LogP contribution in [0.25, 0.3) is 0 Å². The van der Waals surface area contributed by atoms with E-state index in [1.165, 1.54) is 17.8 Å². The number of amides is 2. The van der Waals surface area contributed by atoms with Crippen LogP contribution in [-0.4, -0.2) is 50.6 Å². The van der Waals surface area contributed by atoms with Gasteiger partial charge in [-0.05, 0) is 48.1 Å². The van der Waals surface area contributed by atoms with E-state index in [4.69, 9.17) is 4.74 Å². The van der Waals surface area contributed by atoms with E-state index in [0.717, 1.165) is 42.6 Å². The molecule has 0 saturated heterocycles. The van der Waals surface area contributed by atoms with Crippen molar-refractivity contribution >= 4 is 34.5 Å². The second-order valence-corrected chi connectivity index (χ2v) is 8.86. The Kier molecular flexibility index (Phi) is 7.87. The molecule has 30 heavy (non-hydrogen) atoms. The molecule has 6 nitrogen and oxygen atoms in total. The molecular weight excluding hydrogens is 398 g/mol. The molecule has 1 aliphatic carbocycles. The molecule has 0 radical (unpaired) electrons. The maximum atomic E-state index is 12.9. The van der Waals surface area contributed by atoms with Crippen LogP contribution in [0.15, 0.2) is 35.7 Å². The number of carbonyl (C=O) groups is 2. The Balaban J connectivity index is 1.86. The van der Waals surface area contributed by atoms with Gasteiger partial charge in [-0.3, -0.25) is 9.59 Å². The third kappa shape index (κ3) is 5.61. The highest BCUT2D eigenvalue weighted by atomic mass is 32.1. The number of nitrogens with one attached hydrogen (secondary N) is 1. The molecule has 2 aromatic rings. The fourth-order valence-corrected chi connectivity index (χ4v) is 4.65. The highest BCUT2D eigenvalue weighted by Gasteiger charge is 2.26. The summed E-state index contributed by atoms with van der Waals surface area (Å²) in [6, 6.07) is 9.80. The number of anilines is 2. The summed E-state index contributed by atoms with van der Waals surface area (Å²) in [6.07, 6.45) is 5.59. The van der Waals surface area contributed by atoms with Crippen molar-refractivity contribution in [1.29, 1.82) is 0 Å². The third-order valence-corrected chi connectivity index (χ3v) is 6.38. The number of carbonyl (C=O) groups excluding carboxylic acids is 2. The molecule has 0 aliphatic heterocycles. The normalized spacial score (nSPS) is 14.4. The van der Waals surface area contributed by atoms with Gasteiger partial charge in [-0.15, -0.1) is 11.3 Å². The van der Waals surface area contributed by atoms with Crippen LogP contribution in [0.3, 0.4) is 0 Å². The molecule has 2 amide bonds. The van der Waals surface area contributed by atoms with E-state index in [1.54, 1.807) is 7.11 Å². The minimum absolute atomic E-state index is 0.0159. The fraction of sp³-hybridized carbons (Fsp3) is 0.478. The molecular formula is C23H31N3O3S. The molecule has 3 rings (SSSR count). The molecule has 1 N–H and O–H groups in total. The number of benzene rings is 1. The quantitative estimate of drug-likeness (QED) is 0.677. The van der Waals surface area contributed by atoms with E-state index in [2.05, 4.69) is 5.32 Å². The van der Waals surface area contributed by atoms with Gasteiger partial charge in [0.15, 0.2) is 0 Å². The Bertz CT molecular complexity index is 845. The minimum atomic E-state index is -0.117. The molecule has 1 aromatic carbocycles. The summed E-state index contributed by atoms with van der Waals surface area (Å²) < 4.78 is 5.15. The number of nitrogens with zero attached hydrogens (tertiary/aromatic N) is 2. The van der Waals surface area contributed by atoms with Crippen LogP contribution in [0.5, 0.6) is 0 Å². The predicted molar refractivity (Wildman–Crippen MR) is 122 cm³/mol. The maximum absolute atomic E-state index is 12.9. The second kappa shape index (κ2) is 10.6. The third-order valence-electron chi connectivity index (χ3n) is 5.51. The van der Waals surface area contributed by atoms with E-state index in [0.29, 0.717) is 11.4 Å². The average molecular weight is 430 g/mol. The molecule has 0 spiro atoms. The van der Waals surface area contributed by atoms with Crippen molar-refractivity contribution < 1.29 is 14.3 Å². The summed E-state index contributed by atoms with van der Waals surface area (Å²) in [6.45, 7) is 0.589. The van der Waals surface area contributed by atoms with Crippen LogP contribution in [0.1, 0.15) is 47.3 Å². The predicted octanol–water partition coefficient (Wildman–Crippen LogP) is 4.37. The smallest absolute Gasteiger partial charge is 0.265 e. The molecule has 162 valence electrons. The summed E-state index contributed by atoms with van der Waals surface area (Å²) >= 11 is 1.41. The zero-order valence-electron chi connectivity index (χ0n) is 18.0. The van der Waals surface area contributed by atoms with Crippen molar-refractivity contribution in [2.75, 3.05) is 38.0 Å². The van der Waals surface area contributed by atoms with Gasteiger partial charge in [0.05, 0.1) is 4.88 Å². The van der Waals surface area contributed by atoms with Gasteiger partial charge in [0.25, 0.3) is 5.91 Å². The van der Waals surface area contributed by atoms with Gasteiger partial charge in [0, 0.05) is 45.2 Å². The van der Waals surface area contributed by atoms with Crippen molar-refractivity contribution in [2.45, 2.75) is 44.7 Å². The molecule has 0 unspecified atom stereocenters. The van der Waals surface area contributed by atoms with Crippen LogP contribution >= 0.6 is 11.3 Å². The van der Waals surface area contributed by atoms with Crippen LogP contribution < -0.4 is 10.2 Å². The Morgan fingerprint density at radius 2 is 1.93 bits per heavy atom. The number of rotatable bonds is 8. The van der Waals surface area contributed by atoms with Gasteiger partial charge in [0.2, 0.25) is 5.91 Å². The van der Waals surface area contributed by atoms with Gasteiger partial charge in [-0.25, -0.2) is 0 Å². The van der Waals surface area contributed by atoms with Crippen LogP contribution in [0, 0.1) is 0 Å². The van der Waals surface area contributed by atoms with Crippen molar-refractivity contribution in [3.05, 3.63) is 46.2 Å². The molecule has 1 heterocycles. The summed E-state index contributed by atoms with van der Waals surface area (Å²) in [4.78, 5) is 30.0. The molecule has 1 fully saturated rings. The lowest BCUT2D eigenvalue weighted by atomic mass is 9.93. The first kappa shape index (κ1) is 22.3. The zero-order chi connectivity index (χ0) is 21.5. The number of ether oxygens (including phenoxy) is 1. The molecule has 7 heteroatoms. The maximum Gasteiger partial charge on any atom is 0.265 e. The van der Waals surface area contributed by atoms with E-state index in [-0.39, 0.29) is 24.5 Å². The van der Waals surface area contributed by atoms with Crippen molar-refractivity contribution in [1.82, 2.24) is 4.90 Å². The first-order valence-electron chi connectivity index (χ1n) is 10.4. The Morgan fingerprint density at radius 1 is 1.17 bits per heavy atom. The van der Waals surface area contributed by atoms with Crippen molar-refractivity contribution in [3.8, 4) is 0 Å². The van der Waals surface area contributed by atoms with Crippen LogP contribution in [0.2, 0.25) is 0 Å². The number of methoxy groups -OCH3 is 1. The number of hydrogen-bond donors (Lipinski definition) is 1. The lowest BCUT2D eigenvalue weighted by Crippen LogP contribution is -2.42. The lowest BCUT2D eigenvalue weighted by Gasteiger charge is -2.35. The fourth-order valence-electron chi connectivity index (χ4n) is 4.03. The van der Waals surface area contributed by atoms with Crippen molar-refractivity contribution in [3.63, 3.8) is 0 Å². The Morgan fingerprint density at radius 3 is 2.57 bits per heavy atom. The van der Waals surface area contributed by atoms with E-state index >= 15 is 0 Å². The molecule has 1 saturated carbocycles. The largest absolute Gasteiger partial charge is 0.377 e. The number of hydrogen-bond acceptors (Lipinski definition) is 5. The second-order valence-electron chi connectivity index (χ2n) is 7.92. The monoisotopic (exact) mass is 429 g/mol. The minimum Gasteiger partial charge on any atom is -0.377 e. The lowest BCUT2D eigenvalue weighted by molar-refractivity contribution is -0.139. The Hall–Kier alpha value is -2.38. The van der Waals surface area contributed by atoms with E-state index < -0.39 is 0 Å². The summed E-state index contributed by atoms with van der Waals surface area (Å²) in [5.74, 6) is -0.102. The van der Waals surface area contributed by atoms with E-state index in [9.17, 15) is 9.59 Å². The van der Waals surface area contributed by atoms with Gasteiger partial charge >= 0.3 is 0 Å². The van der Waals surface area contributed by atoms with Crippen molar-refractivity contribution in [2.24, 2.45) is 0 Å². The number of thiophene rings is 1. The summed E-state index contributed by atoms with van der Waals surface area (Å²) in [7, 11) is 5.54. The molecule has 0 bridgehead atoms. The first-order valence-corrected chi connectivity index (χ1v) is 11.3. The standard InChI is InChI=1S/C23H31N3O3S/c1-25(2)20-12-11-18(24-23(28)21-10-7-13-30-21)14-17(20)15-26(22(27)16-29-3)19-8-5-4-6-9-19/h7,10-14,19H,4-6,8-9,15-16H2,1-3H3,(H,24,28). The van der Waals surface area contributed by atoms with Gasteiger partial charge in [-0.2, -0.15) is 0 Å². The van der Waals surface area contributed by atoms with Crippen LogP contribution in [-0.2, 0) is 16.1 Å². The Labute approximate surface area is 182 Å². The van der Waals surface area contributed by atoms with Gasteiger partial charge in [0.1, 0.15) is 6.61 Å². The molecule has 0 atom stereocenters. The zero-order valence-corrected chi connectivity index (χ0v) is 18.8. The highest BCUT2D eigenvalue weighted by Crippen LogP contribution is 2.29. The average Bonchev–Trinajstić information content (AvgIpc) is 3.28. The van der Waals surface area contributed by atoms with Gasteiger partial charge in [-0.1, -0.05) is 25.3 Å². The summed E-state index contributed by atoms with van der Waals surface area (Å²) in [5.41, 5.74) is 2.78. The SMILES string of the molecule is COCC(=O)N(Cc1cc(NC(=O)c2cccs2)ccc1N(C)C)C1CCCCC1. The summed E-state index contributed by atoms with van der Waals surface area (Å²) in [5, 5.41) is 4.87. The molecule has 1 aromatic heterocycles. The highest BCUT2D eigenvalue weighted by molar-refractivity contribution is 7.12. The van der Waals surface area contributed by atoms with E-state index in [1.807, 2.05) is 59.6 Å². The topological polar surface area (TPSA) is 61.9 Å². The van der Waals surface area contributed by atoms with Gasteiger partial charge < -0.3 is 19.9 Å².